The minimum absolute atomic E-state index is 1.68. The van der Waals surface area contributed by atoms with E-state index in [1.807, 2.05) is 0 Å². The van der Waals surface area contributed by atoms with Crippen LogP contribution in [0, 0.1) is 0 Å². The van der Waals surface area contributed by atoms with Crippen molar-refractivity contribution in [2.45, 2.75) is 0 Å². The lowest BCUT2D eigenvalue weighted by atomic mass is 13.9. The summed E-state index contributed by atoms with van der Waals surface area (Å²) in [5.74, 6) is -4.43. The first-order chi connectivity index (χ1) is 3.71. The Hall–Kier alpha value is 0.890. The van der Waals surface area contributed by atoms with Crippen molar-refractivity contribution < 1.29 is 16.8 Å². The van der Waals surface area contributed by atoms with Gasteiger partial charge >= 0.3 is 13.8 Å². The number of rotatable bonds is 1. The minimum Gasteiger partial charge on any atom is -0.174 e. The topological polar surface area (TPSA) is 12.4 Å². The predicted octanol–water partition coefficient (Wildman–Crippen LogP) is 4.27. The van der Waals surface area contributed by atoms with E-state index in [0.717, 1.165) is 0 Å². The summed E-state index contributed by atoms with van der Waals surface area (Å²) in [6, 6.07) is 0. The molecule has 0 aliphatic heterocycles. The van der Waals surface area contributed by atoms with Crippen molar-refractivity contribution in [1.29, 1.82) is 0 Å². The van der Waals surface area contributed by atoms with Gasteiger partial charge in [-0.05, 0) is 23.0 Å². The molecule has 0 aromatic carbocycles. The highest BCUT2D eigenvalue weighted by Gasteiger charge is 2.21. The molecule has 0 aliphatic carbocycles. The van der Waals surface area contributed by atoms with Gasteiger partial charge in [0.2, 0.25) is 0 Å². The fourth-order valence-corrected chi connectivity index (χ4v) is 2.50. The van der Waals surface area contributed by atoms with E-state index in [0.29, 0.717) is 0 Å². The second kappa shape index (κ2) is 2.87. The van der Waals surface area contributed by atoms with Gasteiger partial charge in [-0.1, -0.05) is 0 Å². The van der Waals surface area contributed by atoms with Gasteiger partial charge in [-0.3, -0.25) is 0 Å². The van der Waals surface area contributed by atoms with Crippen molar-refractivity contribution in [2.24, 2.45) is 4.52 Å². The Balaban J connectivity index is 4.53. The molecule has 0 fully saturated rings. The lowest BCUT2D eigenvalue weighted by molar-refractivity contribution is 0.610. The third-order valence-electron chi connectivity index (χ3n) is 0.206. The molecule has 9 heavy (non-hydrogen) atoms. The molecule has 0 radical (unpaired) electrons. The molecule has 9 heteroatoms. The molecule has 0 saturated carbocycles. The average Bonchev–Trinajstić information content (AvgIpc) is 1.14. The maximum atomic E-state index is 11.7. The second-order valence-electron chi connectivity index (χ2n) is 0.943. The maximum absolute atomic E-state index is 11.7. The molecular weight excluding hydrogens is 219 g/mol. The molecule has 0 saturated heterocycles. The van der Waals surface area contributed by atoms with Gasteiger partial charge in [-0.2, -0.15) is 4.20 Å². The normalized spacial score (nSPS) is 18.8. The highest BCUT2D eigenvalue weighted by molar-refractivity contribution is 8.24. The number of halogens is 5. The predicted molar refractivity (Wildman–Crippen MR) is 33.9 cm³/mol. The number of hydrogen-bond acceptors (Lipinski definition) is 1. The van der Waals surface area contributed by atoms with Crippen molar-refractivity contribution in [3.8, 4) is 0 Å². The third kappa shape index (κ3) is 8.89. The largest absolute Gasteiger partial charge is 0.478 e. The molecule has 0 heterocycles. The molecule has 0 rings (SSSR count). The van der Waals surface area contributed by atoms with Gasteiger partial charge in [-0.25, -0.2) is 0 Å². The smallest absolute Gasteiger partial charge is 0.174 e. The summed E-state index contributed by atoms with van der Waals surface area (Å²) in [7, 11) is -5.97. The van der Waals surface area contributed by atoms with E-state index in [9.17, 15) is 16.8 Å². The molecule has 56 valence electrons. The van der Waals surface area contributed by atoms with Crippen LogP contribution < -0.4 is 0 Å². The van der Waals surface area contributed by atoms with Crippen molar-refractivity contribution in [2.75, 3.05) is 0 Å². The third-order valence-corrected chi connectivity index (χ3v) is 3.12. The van der Waals surface area contributed by atoms with E-state index < -0.39 is 13.8 Å². The van der Waals surface area contributed by atoms with Gasteiger partial charge in [0.1, 0.15) is 0 Å². The van der Waals surface area contributed by atoms with Gasteiger partial charge in [0, 0.05) is 0 Å². The molecule has 0 spiro atoms. The van der Waals surface area contributed by atoms with E-state index in [2.05, 4.69) is 23.0 Å². The Bertz CT molecular complexity index is 180. The van der Waals surface area contributed by atoms with E-state index in [1.165, 1.54) is 0 Å². The Morgan fingerprint density at radius 3 is 1.56 bits per heavy atom. The molecule has 0 amide bonds. The van der Waals surface area contributed by atoms with Crippen LogP contribution in [0.15, 0.2) is 4.52 Å². The van der Waals surface area contributed by atoms with Gasteiger partial charge in [0.15, 0.2) is 0 Å². The summed E-state index contributed by atoms with van der Waals surface area (Å²) in [6.07, 6.45) is 0. The van der Waals surface area contributed by atoms with Crippen LogP contribution in [0.5, 0.6) is 0 Å². The fraction of sp³-hybridized carbons (Fsp3) is 0. The Morgan fingerprint density at radius 2 is 1.56 bits per heavy atom. The Labute approximate surface area is 58.8 Å². The standard InChI is InChI=1S/ClF4NP2S/c1-7(2,9)6-8(3,4)5. The van der Waals surface area contributed by atoms with Crippen LogP contribution in [0.3, 0.4) is 0 Å². The monoisotopic (exact) mass is 219 g/mol. The van der Waals surface area contributed by atoms with Gasteiger partial charge < -0.3 is 0 Å². The van der Waals surface area contributed by atoms with Gasteiger partial charge in [0.25, 0.3) is 0 Å². The first-order valence-electron chi connectivity index (χ1n) is 1.43. The van der Waals surface area contributed by atoms with Gasteiger partial charge in [0.05, 0.1) is 0 Å². The zero-order valence-corrected chi connectivity index (χ0v) is 7.00. The van der Waals surface area contributed by atoms with Crippen molar-refractivity contribution >= 4 is 36.9 Å². The summed E-state index contributed by atoms with van der Waals surface area (Å²) < 4.78 is 46.8. The lowest BCUT2D eigenvalue weighted by Crippen LogP contribution is -1.47. The number of hydrogen-bond donors (Lipinski definition) is 0. The summed E-state index contributed by atoms with van der Waals surface area (Å²) in [5, 5.41) is 0. The molecule has 0 aliphatic rings. The van der Waals surface area contributed by atoms with Crippen LogP contribution in [-0.2, 0) is 11.8 Å². The molecule has 1 nitrogen and oxygen atoms in total. The maximum Gasteiger partial charge on any atom is 0.478 e. The van der Waals surface area contributed by atoms with Crippen molar-refractivity contribution in [3.63, 3.8) is 0 Å². The van der Waals surface area contributed by atoms with Crippen LogP contribution in [0.25, 0.3) is 0 Å². The molecule has 0 bridgehead atoms. The SMILES string of the molecule is FP(=S)(Cl)N=P(F)(F)F. The summed E-state index contributed by atoms with van der Waals surface area (Å²) >= 11 is 8.00. The highest BCUT2D eigenvalue weighted by Crippen LogP contribution is 2.68. The first-order valence-corrected chi connectivity index (χ1v) is 6.39. The van der Waals surface area contributed by atoms with E-state index in [4.69, 9.17) is 0 Å². The molecule has 1 atom stereocenters. The van der Waals surface area contributed by atoms with Crippen LogP contribution in [0.2, 0.25) is 0 Å². The Kier molecular flexibility index (Phi) is 3.15. The van der Waals surface area contributed by atoms with E-state index in [-0.39, 0.29) is 0 Å². The first kappa shape index (κ1) is 9.89. The van der Waals surface area contributed by atoms with E-state index in [1.54, 1.807) is 4.52 Å². The quantitative estimate of drug-likeness (QED) is 0.474. The summed E-state index contributed by atoms with van der Waals surface area (Å²) in [6.45, 7) is 0. The summed E-state index contributed by atoms with van der Waals surface area (Å²) in [4.78, 5) is 0. The van der Waals surface area contributed by atoms with Crippen LogP contribution in [0.4, 0.5) is 16.8 Å². The second-order valence-corrected chi connectivity index (χ2v) is 6.76. The Morgan fingerprint density at radius 1 is 1.22 bits per heavy atom. The van der Waals surface area contributed by atoms with Crippen molar-refractivity contribution in [3.05, 3.63) is 0 Å². The zero-order chi connectivity index (χ0) is 7.71. The fourth-order valence-electron chi connectivity index (χ4n) is 0.118. The average molecular weight is 219 g/mol. The molecule has 1 unspecified atom stereocenters. The van der Waals surface area contributed by atoms with E-state index >= 15 is 0 Å². The zero-order valence-electron chi connectivity index (χ0n) is 3.64. The molecule has 0 N–H and O–H groups in total. The van der Waals surface area contributed by atoms with Crippen LogP contribution in [0.1, 0.15) is 0 Å². The molecule has 0 aromatic heterocycles. The molecular formula is ClF4NP2S. The molecule has 0 aromatic rings. The van der Waals surface area contributed by atoms with Crippen molar-refractivity contribution in [1.82, 2.24) is 0 Å². The van der Waals surface area contributed by atoms with Gasteiger partial charge in [-0.15, -0.1) is 17.1 Å². The minimum atomic E-state index is -5.97. The van der Waals surface area contributed by atoms with Crippen LogP contribution in [-0.4, -0.2) is 0 Å². The number of nitrogens with zero attached hydrogens (tertiary/aromatic N) is 1. The highest BCUT2D eigenvalue weighted by atomic mass is 35.7. The van der Waals surface area contributed by atoms with Crippen LogP contribution >= 0.6 is 25.1 Å². The summed E-state index contributed by atoms with van der Waals surface area (Å²) in [5.41, 5.74) is 0. The lowest BCUT2D eigenvalue weighted by Gasteiger charge is -1.93.